The van der Waals surface area contributed by atoms with Gasteiger partial charge in [0.05, 0.1) is 5.60 Å². The summed E-state index contributed by atoms with van der Waals surface area (Å²) in [5.74, 6) is -0.380. The van der Waals surface area contributed by atoms with E-state index in [-0.39, 0.29) is 29.5 Å². The van der Waals surface area contributed by atoms with Crippen LogP contribution < -0.4 is 5.32 Å². The number of nitrogens with zero attached hydrogens (tertiary/aromatic N) is 2. The maximum absolute atomic E-state index is 13.2. The molecule has 2 fully saturated rings. The number of ether oxygens (including phenoxy) is 1. The SMILES string of the molecule is CN(C)C(=O)[C@H]1CCC2(CCN(C(=O)Nc3cccc(F)c3)CC2)O1. The fourth-order valence-corrected chi connectivity index (χ4v) is 3.53. The first-order chi connectivity index (χ1) is 11.9. The Morgan fingerprint density at radius 3 is 2.64 bits per heavy atom. The molecule has 0 saturated carbocycles. The Morgan fingerprint density at radius 2 is 2.00 bits per heavy atom. The average molecular weight is 349 g/mol. The molecule has 25 heavy (non-hydrogen) atoms. The number of benzene rings is 1. The number of hydrogen-bond donors (Lipinski definition) is 1. The highest BCUT2D eigenvalue weighted by atomic mass is 19.1. The van der Waals surface area contributed by atoms with Gasteiger partial charge in [-0.2, -0.15) is 0 Å². The molecule has 0 bridgehead atoms. The number of carbonyl (C=O) groups excluding carboxylic acids is 2. The van der Waals surface area contributed by atoms with E-state index in [2.05, 4.69) is 5.32 Å². The molecular formula is C18H24FN3O3. The van der Waals surface area contributed by atoms with Crippen molar-refractivity contribution in [1.29, 1.82) is 0 Å². The van der Waals surface area contributed by atoms with Gasteiger partial charge < -0.3 is 19.9 Å². The van der Waals surface area contributed by atoms with Crippen molar-refractivity contribution in [2.45, 2.75) is 37.4 Å². The van der Waals surface area contributed by atoms with E-state index in [0.29, 0.717) is 31.6 Å². The van der Waals surface area contributed by atoms with Crippen molar-refractivity contribution in [2.75, 3.05) is 32.5 Å². The van der Waals surface area contributed by atoms with E-state index in [4.69, 9.17) is 4.74 Å². The number of halogens is 1. The van der Waals surface area contributed by atoms with Crippen molar-refractivity contribution in [1.82, 2.24) is 9.80 Å². The van der Waals surface area contributed by atoms with Crippen LogP contribution in [-0.4, -0.2) is 60.6 Å². The highest BCUT2D eigenvalue weighted by Crippen LogP contribution is 2.39. The zero-order valence-corrected chi connectivity index (χ0v) is 14.6. The normalized spacial score (nSPS) is 22.0. The fraction of sp³-hybridized carbons (Fsp3) is 0.556. The summed E-state index contributed by atoms with van der Waals surface area (Å²) in [6, 6.07) is 5.61. The molecule has 1 spiro atoms. The molecule has 0 aliphatic carbocycles. The zero-order chi connectivity index (χ0) is 18.0. The van der Waals surface area contributed by atoms with Gasteiger partial charge in [-0.25, -0.2) is 9.18 Å². The Bertz CT molecular complexity index is 657. The zero-order valence-electron chi connectivity index (χ0n) is 14.6. The van der Waals surface area contributed by atoms with Gasteiger partial charge in [-0.1, -0.05) is 6.07 Å². The molecule has 3 amide bonds. The van der Waals surface area contributed by atoms with Gasteiger partial charge in [0.25, 0.3) is 5.91 Å². The number of urea groups is 1. The number of hydrogen-bond acceptors (Lipinski definition) is 3. The Balaban J connectivity index is 1.53. The summed E-state index contributed by atoms with van der Waals surface area (Å²) >= 11 is 0. The predicted molar refractivity (Wildman–Crippen MR) is 91.8 cm³/mol. The van der Waals surface area contributed by atoms with Crippen molar-refractivity contribution in [3.63, 3.8) is 0 Å². The van der Waals surface area contributed by atoms with Crippen LogP contribution in [0.4, 0.5) is 14.9 Å². The largest absolute Gasteiger partial charge is 0.362 e. The molecule has 1 N–H and O–H groups in total. The summed E-state index contributed by atoms with van der Waals surface area (Å²) < 4.78 is 19.3. The summed E-state index contributed by atoms with van der Waals surface area (Å²) in [6.07, 6.45) is 2.62. The van der Waals surface area contributed by atoms with Crippen LogP contribution in [0, 0.1) is 5.82 Å². The topological polar surface area (TPSA) is 61.9 Å². The van der Waals surface area contributed by atoms with Crippen LogP contribution in [0.25, 0.3) is 0 Å². The van der Waals surface area contributed by atoms with E-state index in [1.807, 2.05) is 0 Å². The number of likely N-dealkylation sites (tertiary alicyclic amines) is 1. The highest BCUT2D eigenvalue weighted by molar-refractivity contribution is 5.89. The molecule has 0 radical (unpaired) electrons. The molecule has 2 heterocycles. The third kappa shape index (κ3) is 3.92. The summed E-state index contributed by atoms with van der Waals surface area (Å²) in [5.41, 5.74) is 0.144. The molecule has 2 aliphatic heterocycles. The quantitative estimate of drug-likeness (QED) is 0.892. The summed E-state index contributed by atoms with van der Waals surface area (Å²) in [6.45, 7) is 1.12. The van der Waals surface area contributed by atoms with Crippen molar-refractivity contribution in [3.05, 3.63) is 30.1 Å². The molecule has 1 aromatic rings. The Hall–Kier alpha value is -2.15. The molecule has 3 rings (SSSR count). The summed E-state index contributed by atoms with van der Waals surface area (Å²) in [7, 11) is 3.46. The van der Waals surface area contributed by atoms with Gasteiger partial charge in [0.15, 0.2) is 0 Å². The van der Waals surface area contributed by atoms with Gasteiger partial charge in [-0.05, 0) is 43.9 Å². The van der Waals surface area contributed by atoms with Crippen LogP contribution in [-0.2, 0) is 9.53 Å². The smallest absolute Gasteiger partial charge is 0.321 e. The Morgan fingerprint density at radius 1 is 1.28 bits per heavy atom. The van der Waals surface area contributed by atoms with Gasteiger partial charge in [0.2, 0.25) is 0 Å². The lowest BCUT2D eigenvalue weighted by Gasteiger charge is -2.39. The lowest BCUT2D eigenvalue weighted by atomic mass is 9.88. The molecule has 7 heteroatoms. The van der Waals surface area contributed by atoms with E-state index in [0.717, 1.165) is 12.8 Å². The maximum Gasteiger partial charge on any atom is 0.321 e. The highest BCUT2D eigenvalue weighted by Gasteiger charge is 2.45. The van der Waals surface area contributed by atoms with Crippen LogP contribution in [0.15, 0.2) is 24.3 Å². The molecule has 2 saturated heterocycles. The lowest BCUT2D eigenvalue weighted by Crippen LogP contribution is -2.48. The van der Waals surface area contributed by atoms with Gasteiger partial charge in [0.1, 0.15) is 11.9 Å². The van der Waals surface area contributed by atoms with Crippen LogP contribution in [0.1, 0.15) is 25.7 Å². The van der Waals surface area contributed by atoms with E-state index in [1.165, 1.54) is 12.1 Å². The van der Waals surface area contributed by atoms with Crippen molar-refractivity contribution in [2.24, 2.45) is 0 Å². The molecule has 0 aromatic heterocycles. The number of anilines is 1. The van der Waals surface area contributed by atoms with E-state index < -0.39 is 0 Å². The van der Waals surface area contributed by atoms with Gasteiger partial charge >= 0.3 is 6.03 Å². The monoisotopic (exact) mass is 349 g/mol. The predicted octanol–water partition coefficient (Wildman–Crippen LogP) is 2.46. The minimum atomic E-state index is -0.383. The van der Waals surface area contributed by atoms with Gasteiger partial charge in [-0.15, -0.1) is 0 Å². The number of piperidine rings is 1. The number of likely N-dealkylation sites (N-methyl/N-ethyl adjacent to an activating group) is 1. The second kappa shape index (κ2) is 7.00. The van der Waals surface area contributed by atoms with E-state index >= 15 is 0 Å². The number of carbonyl (C=O) groups is 2. The third-order valence-electron chi connectivity index (χ3n) is 5.01. The summed E-state index contributed by atoms with van der Waals surface area (Å²) in [5, 5.41) is 2.72. The van der Waals surface area contributed by atoms with Crippen LogP contribution in [0.3, 0.4) is 0 Å². The van der Waals surface area contributed by atoms with Crippen LogP contribution in [0.5, 0.6) is 0 Å². The van der Waals surface area contributed by atoms with E-state index in [9.17, 15) is 14.0 Å². The van der Waals surface area contributed by atoms with Crippen molar-refractivity contribution < 1.29 is 18.7 Å². The van der Waals surface area contributed by atoms with Gasteiger partial charge in [0, 0.05) is 32.9 Å². The van der Waals surface area contributed by atoms with E-state index in [1.54, 1.807) is 36.0 Å². The molecule has 1 atom stereocenters. The van der Waals surface area contributed by atoms with Crippen LogP contribution in [0.2, 0.25) is 0 Å². The van der Waals surface area contributed by atoms with Crippen LogP contribution >= 0.6 is 0 Å². The van der Waals surface area contributed by atoms with Crippen molar-refractivity contribution in [3.8, 4) is 0 Å². The second-order valence-corrected chi connectivity index (χ2v) is 6.99. The number of amides is 3. The minimum absolute atomic E-state index is 0.00292. The standard InChI is InChI=1S/C18H24FN3O3/c1-21(2)16(23)15-6-7-18(25-15)8-10-22(11-9-18)17(24)20-14-5-3-4-13(19)12-14/h3-5,12,15H,6-11H2,1-2H3,(H,20,24)/t15-/m1/s1. The third-order valence-corrected chi connectivity index (χ3v) is 5.01. The molecular weight excluding hydrogens is 325 g/mol. The fourth-order valence-electron chi connectivity index (χ4n) is 3.53. The molecule has 1 aromatic carbocycles. The summed E-state index contributed by atoms with van der Waals surface area (Å²) in [4.78, 5) is 27.7. The maximum atomic E-state index is 13.2. The first-order valence-corrected chi connectivity index (χ1v) is 8.59. The number of rotatable bonds is 2. The number of nitrogens with one attached hydrogen (secondary N) is 1. The first kappa shape index (κ1) is 17.7. The molecule has 136 valence electrons. The molecule has 2 aliphatic rings. The average Bonchev–Trinajstić information content (AvgIpc) is 2.98. The minimum Gasteiger partial charge on any atom is -0.362 e. The molecule has 6 nitrogen and oxygen atoms in total. The second-order valence-electron chi connectivity index (χ2n) is 6.99. The molecule has 0 unspecified atom stereocenters. The first-order valence-electron chi connectivity index (χ1n) is 8.59. The van der Waals surface area contributed by atoms with Crippen molar-refractivity contribution >= 4 is 17.6 Å². The van der Waals surface area contributed by atoms with Gasteiger partial charge in [-0.3, -0.25) is 4.79 Å². The lowest BCUT2D eigenvalue weighted by molar-refractivity contribution is -0.148. The Labute approximate surface area is 146 Å². The Kier molecular flexibility index (Phi) is 4.94.